The quantitative estimate of drug-likeness (QED) is 0.696. The van der Waals surface area contributed by atoms with E-state index in [2.05, 4.69) is 4.99 Å². The Morgan fingerprint density at radius 2 is 2.19 bits per heavy atom. The first kappa shape index (κ1) is 15.2. The number of rotatable bonds is 4. The second-order valence-electron chi connectivity index (χ2n) is 4.12. The Labute approximate surface area is 126 Å². The molecule has 0 saturated carbocycles. The van der Waals surface area contributed by atoms with Gasteiger partial charge in [0.2, 0.25) is 0 Å². The van der Waals surface area contributed by atoms with E-state index in [9.17, 15) is 10.0 Å². The highest BCUT2D eigenvalue weighted by Gasteiger charge is 2.12. The molecule has 5 nitrogen and oxygen atoms in total. The third kappa shape index (κ3) is 3.66. The zero-order valence-corrected chi connectivity index (χ0v) is 12.6. The summed E-state index contributed by atoms with van der Waals surface area (Å²) in [6.45, 7) is 2.32. The molecule has 0 atom stereocenters. The number of carbonyl (C=O) groups excluding carboxylic acids is 1. The summed E-state index contributed by atoms with van der Waals surface area (Å²) in [5.74, 6) is 0.0404. The normalized spacial score (nSPS) is 11.4. The van der Waals surface area contributed by atoms with E-state index in [1.54, 1.807) is 36.0 Å². The average molecular weight is 304 g/mol. The fourth-order valence-corrected chi connectivity index (χ4v) is 2.19. The highest BCUT2D eigenvalue weighted by molar-refractivity contribution is 7.98. The van der Waals surface area contributed by atoms with E-state index in [1.165, 1.54) is 6.20 Å². The molecule has 2 aromatic rings. The van der Waals surface area contributed by atoms with Gasteiger partial charge in [0, 0.05) is 11.1 Å². The maximum Gasteiger partial charge on any atom is 0.282 e. The Bertz CT molecular complexity index is 710. The van der Waals surface area contributed by atoms with Crippen molar-refractivity contribution in [1.29, 1.82) is 0 Å². The summed E-state index contributed by atoms with van der Waals surface area (Å²) in [7, 11) is 0. The molecule has 0 aliphatic heterocycles. The molecule has 6 heteroatoms. The molecule has 1 aromatic heterocycles. The summed E-state index contributed by atoms with van der Waals surface area (Å²) >= 11 is 1.57. The van der Waals surface area contributed by atoms with Crippen molar-refractivity contribution in [3.05, 3.63) is 53.6 Å². The van der Waals surface area contributed by atoms with Gasteiger partial charge in [0.05, 0.1) is 12.2 Å². The second kappa shape index (κ2) is 6.99. The number of ether oxygens (including phenoxy) is 1. The van der Waals surface area contributed by atoms with E-state index in [4.69, 9.17) is 4.74 Å². The van der Waals surface area contributed by atoms with Crippen LogP contribution >= 0.6 is 11.8 Å². The van der Waals surface area contributed by atoms with Gasteiger partial charge >= 0.3 is 0 Å². The van der Waals surface area contributed by atoms with Crippen molar-refractivity contribution in [2.75, 3.05) is 12.9 Å². The predicted octanol–water partition coefficient (Wildman–Crippen LogP) is 2.59. The van der Waals surface area contributed by atoms with Crippen molar-refractivity contribution in [3.63, 3.8) is 0 Å². The van der Waals surface area contributed by atoms with Gasteiger partial charge in [-0.15, -0.1) is 11.8 Å². The van der Waals surface area contributed by atoms with Gasteiger partial charge in [-0.2, -0.15) is 9.72 Å². The van der Waals surface area contributed by atoms with Crippen LogP contribution in [0, 0.1) is 0 Å². The van der Waals surface area contributed by atoms with E-state index < -0.39 is 5.91 Å². The number of pyridine rings is 1. The monoisotopic (exact) mass is 304 g/mol. The standard InChI is InChI=1S/C15H16N2O3S/c1-3-20-13-10-11(21-2)7-8-12(13)15(18)16-14-6-4-5-9-17(14)19/h4-10,19H,3H2,1-2H3. The van der Waals surface area contributed by atoms with E-state index in [0.717, 1.165) is 9.63 Å². The highest BCUT2D eigenvalue weighted by atomic mass is 32.2. The Balaban J connectivity index is 2.44. The minimum absolute atomic E-state index is 0.166. The van der Waals surface area contributed by atoms with Gasteiger partial charge < -0.3 is 9.94 Å². The van der Waals surface area contributed by atoms with E-state index in [-0.39, 0.29) is 5.49 Å². The molecule has 21 heavy (non-hydrogen) atoms. The van der Waals surface area contributed by atoms with E-state index in [0.29, 0.717) is 17.9 Å². The van der Waals surface area contributed by atoms with Gasteiger partial charge in [-0.1, -0.05) is 6.07 Å². The number of carbonyl (C=O) groups is 1. The molecule has 0 saturated heterocycles. The van der Waals surface area contributed by atoms with Crippen LogP contribution in [0.4, 0.5) is 0 Å². The SMILES string of the molecule is CCOc1cc(SC)ccc1C(=O)N=c1ccccn1O. The van der Waals surface area contributed by atoms with Crippen LogP contribution in [0.15, 0.2) is 52.5 Å². The van der Waals surface area contributed by atoms with Gasteiger partial charge in [0.25, 0.3) is 5.91 Å². The molecular weight excluding hydrogens is 288 g/mol. The van der Waals surface area contributed by atoms with Crippen LogP contribution in [0.3, 0.4) is 0 Å². The molecule has 0 aliphatic carbocycles. The first-order valence-corrected chi connectivity index (χ1v) is 7.65. The van der Waals surface area contributed by atoms with Crippen LogP contribution < -0.4 is 10.2 Å². The molecule has 0 radical (unpaired) electrons. The topological polar surface area (TPSA) is 63.8 Å². The molecular formula is C15H16N2O3S. The second-order valence-corrected chi connectivity index (χ2v) is 5.00. The Hall–Kier alpha value is -2.21. The summed E-state index contributed by atoms with van der Waals surface area (Å²) in [5, 5.41) is 9.60. The average Bonchev–Trinajstić information content (AvgIpc) is 2.49. The molecule has 0 spiro atoms. The van der Waals surface area contributed by atoms with E-state index in [1.807, 2.05) is 25.3 Å². The summed E-state index contributed by atoms with van der Waals surface area (Å²) in [6.07, 6.45) is 3.36. The molecule has 0 fully saturated rings. The van der Waals surface area contributed by atoms with Gasteiger partial charge in [0.1, 0.15) is 5.75 Å². The lowest BCUT2D eigenvalue weighted by Crippen LogP contribution is -2.19. The lowest BCUT2D eigenvalue weighted by molar-refractivity contribution is 0.0984. The van der Waals surface area contributed by atoms with Crippen molar-refractivity contribution >= 4 is 17.7 Å². The molecule has 1 aromatic carbocycles. The van der Waals surface area contributed by atoms with Gasteiger partial charge in [-0.25, -0.2) is 0 Å². The molecule has 1 amide bonds. The third-order valence-corrected chi connectivity index (χ3v) is 3.48. The number of hydrogen-bond acceptors (Lipinski definition) is 4. The number of amides is 1. The number of hydrogen-bond donors (Lipinski definition) is 1. The summed E-state index contributed by atoms with van der Waals surface area (Å²) in [5.41, 5.74) is 0.539. The van der Waals surface area contributed by atoms with Crippen LogP contribution in [0.2, 0.25) is 0 Å². The number of nitrogens with zero attached hydrogens (tertiary/aromatic N) is 2. The van der Waals surface area contributed by atoms with Crippen molar-refractivity contribution in [1.82, 2.24) is 4.73 Å². The van der Waals surface area contributed by atoms with Crippen LogP contribution in [0.5, 0.6) is 5.75 Å². The smallest absolute Gasteiger partial charge is 0.282 e. The van der Waals surface area contributed by atoms with Crippen molar-refractivity contribution in [2.45, 2.75) is 11.8 Å². The van der Waals surface area contributed by atoms with Crippen LogP contribution in [-0.2, 0) is 0 Å². The molecule has 0 unspecified atom stereocenters. The van der Waals surface area contributed by atoms with Crippen molar-refractivity contribution in [3.8, 4) is 5.75 Å². The van der Waals surface area contributed by atoms with Gasteiger partial charge in [-0.05, 0) is 43.5 Å². The van der Waals surface area contributed by atoms with Gasteiger partial charge in [-0.3, -0.25) is 4.79 Å². The number of benzene rings is 1. The minimum Gasteiger partial charge on any atom is -0.493 e. The Kier molecular flexibility index (Phi) is 5.05. The van der Waals surface area contributed by atoms with Crippen LogP contribution in [0.1, 0.15) is 17.3 Å². The number of aromatic nitrogens is 1. The predicted molar refractivity (Wildman–Crippen MR) is 80.9 cm³/mol. The molecule has 0 aliphatic rings. The van der Waals surface area contributed by atoms with Crippen molar-refractivity contribution in [2.24, 2.45) is 4.99 Å². The minimum atomic E-state index is -0.458. The van der Waals surface area contributed by atoms with E-state index >= 15 is 0 Å². The molecule has 1 heterocycles. The lowest BCUT2D eigenvalue weighted by Gasteiger charge is -2.09. The number of thioether (sulfide) groups is 1. The Morgan fingerprint density at radius 3 is 2.86 bits per heavy atom. The molecule has 2 rings (SSSR count). The van der Waals surface area contributed by atoms with Crippen molar-refractivity contribution < 1.29 is 14.7 Å². The largest absolute Gasteiger partial charge is 0.493 e. The first-order chi connectivity index (χ1) is 10.2. The maximum absolute atomic E-state index is 12.3. The zero-order valence-electron chi connectivity index (χ0n) is 11.8. The summed E-state index contributed by atoms with van der Waals surface area (Å²) < 4.78 is 6.31. The fraction of sp³-hybridized carbons (Fsp3) is 0.200. The first-order valence-electron chi connectivity index (χ1n) is 6.42. The fourth-order valence-electron chi connectivity index (χ4n) is 1.76. The zero-order chi connectivity index (χ0) is 15.2. The van der Waals surface area contributed by atoms with Gasteiger partial charge in [0.15, 0.2) is 5.49 Å². The molecule has 0 bridgehead atoms. The highest BCUT2D eigenvalue weighted by Crippen LogP contribution is 2.26. The van der Waals surface area contributed by atoms with Crippen LogP contribution in [0.25, 0.3) is 0 Å². The third-order valence-electron chi connectivity index (χ3n) is 2.75. The lowest BCUT2D eigenvalue weighted by atomic mass is 10.2. The molecule has 1 N–H and O–H groups in total. The van der Waals surface area contributed by atoms with Crippen LogP contribution in [-0.4, -0.2) is 28.7 Å². The summed E-state index contributed by atoms with van der Waals surface area (Å²) in [6, 6.07) is 10.2. The molecule has 110 valence electrons. The summed E-state index contributed by atoms with van der Waals surface area (Å²) in [4.78, 5) is 17.2. The Morgan fingerprint density at radius 1 is 1.38 bits per heavy atom. The maximum atomic E-state index is 12.3.